The lowest BCUT2D eigenvalue weighted by Gasteiger charge is -1.99. The van der Waals surface area contributed by atoms with Crippen LogP contribution in [-0.2, 0) is 23.9 Å². The monoisotopic (exact) mass is 270 g/mol. The molecule has 0 fully saturated rings. The van der Waals surface area contributed by atoms with Crippen LogP contribution in [0.2, 0.25) is 0 Å². The molecular weight excluding hydrogens is 256 g/mol. The lowest BCUT2D eigenvalue weighted by atomic mass is 10.3. The second kappa shape index (κ2) is 9.34. The molecule has 0 aromatic rings. The predicted molar refractivity (Wildman–Crippen MR) is 65.1 cm³/mol. The standard InChI is InChI=1S/C8H10O3.C4H4O4/c1-5(2)7(9)11-8(10)6(3)4;5-3(6)1-2-4(7)8/h1,3H2,2,4H3;1-2H,(H,5,6)(H,7,8)/b;2-1-. The Morgan fingerprint density at radius 3 is 1.26 bits per heavy atom. The molecule has 0 atom stereocenters. The van der Waals surface area contributed by atoms with E-state index in [0.717, 1.165) is 0 Å². The molecule has 0 amide bonds. The van der Waals surface area contributed by atoms with Crippen LogP contribution in [0.5, 0.6) is 0 Å². The highest BCUT2D eigenvalue weighted by molar-refractivity contribution is 6.00. The van der Waals surface area contributed by atoms with E-state index in [4.69, 9.17) is 10.2 Å². The molecule has 0 aromatic heterocycles. The summed E-state index contributed by atoms with van der Waals surface area (Å²) in [6, 6.07) is 0. The lowest BCUT2D eigenvalue weighted by molar-refractivity contribution is -0.154. The summed E-state index contributed by atoms with van der Waals surface area (Å²) >= 11 is 0. The largest absolute Gasteiger partial charge is 0.478 e. The van der Waals surface area contributed by atoms with Crippen LogP contribution in [0.15, 0.2) is 36.5 Å². The number of rotatable bonds is 4. The highest BCUT2D eigenvalue weighted by Crippen LogP contribution is 1.97. The first-order valence-electron chi connectivity index (χ1n) is 4.79. The van der Waals surface area contributed by atoms with Crippen molar-refractivity contribution in [3.63, 3.8) is 0 Å². The first kappa shape index (κ1) is 18.7. The number of aliphatic carboxylic acids is 2. The van der Waals surface area contributed by atoms with Crippen molar-refractivity contribution in [2.75, 3.05) is 0 Å². The highest BCUT2D eigenvalue weighted by Gasteiger charge is 2.10. The van der Waals surface area contributed by atoms with Gasteiger partial charge >= 0.3 is 23.9 Å². The van der Waals surface area contributed by atoms with Crippen LogP contribution in [0, 0.1) is 0 Å². The van der Waals surface area contributed by atoms with Crippen LogP contribution in [0.1, 0.15) is 13.8 Å². The smallest absolute Gasteiger partial charge is 0.340 e. The van der Waals surface area contributed by atoms with Crippen molar-refractivity contribution in [3.05, 3.63) is 36.5 Å². The number of carbonyl (C=O) groups is 4. The van der Waals surface area contributed by atoms with Gasteiger partial charge in [-0.25, -0.2) is 19.2 Å². The number of hydrogen-bond acceptors (Lipinski definition) is 5. The lowest BCUT2D eigenvalue weighted by Crippen LogP contribution is -2.12. The quantitative estimate of drug-likeness (QED) is 0.443. The first-order valence-corrected chi connectivity index (χ1v) is 4.79. The zero-order chi connectivity index (χ0) is 15.6. The third-order valence-electron chi connectivity index (χ3n) is 1.25. The molecule has 19 heavy (non-hydrogen) atoms. The topological polar surface area (TPSA) is 118 Å². The Kier molecular flexibility index (Phi) is 9.18. The second-order valence-electron chi connectivity index (χ2n) is 3.25. The minimum absolute atomic E-state index is 0.194. The normalized spacial score (nSPS) is 8.95. The number of esters is 2. The van der Waals surface area contributed by atoms with E-state index >= 15 is 0 Å². The van der Waals surface area contributed by atoms with Gasteiger partial charge in [0.25, 0.3) is 0 Å². The van der Waals surface area contributed by atoms with Gasteiger partial charge in [-0.2, -0.15) is 0 Å². The number of hydrogen-bond donors (Lipinski definition) is 2. The Labute approximate surface area is 109 Å². The average Bonchev–Trinajstić information content (AvgIpc) is 2.26. The Balaban J connectivity index is 0. The fourth-order valence-corrected chi connectivity index (χ4v) is 0.401. The molecule has 0 unspecified atom stereocenters. The summed E-state index contributed by atoms with van der Waals surface area (Å²) in [4.78, 5) is 40.5. The van der Waals surface area contributed by atoms with E-state index in [1.807, 2.05) is 0 Å². The molecule has 2 N–H and O–H groups in total. The van der Waals surface area contributed by atoms with Gasteiger partial charge in [0.05, 0.1) is 0 Å². The first-order chi connectivity index (χ1) is 8.57. The van der Waals surface area contributed by atoms with Gasteiger partial charge in [-0.3, -0.25) is 0 Å². The molecule has 0 spiro atoms. The van der Waals surface area contributed by atoms with Crippen molar-refractivity contribution in [3.8, 4) is 0 Å². The van der Waals surface area contributed by atoms with Gasteiger partial charge in [-0.05, 0) is 13.8 Å². The minimum Gasteiger partial charge on any atom is -0.478 e. The summed E-state index contributed by atoms with van der Waals surface area (Å²) in [5.74, 6) is -3.93. The molecule has 0 aromatic carbocycles. The van der Waals surface area contributed by atoms with Crippen LogP contribution in [0.25, 0.3) is 0 Å². The molecule has 0 heterocycles. The van der Waals surface area contributed by atoms with Gasteiger partial charge in [0, 0.05) is 23.3 Å². The number of carboxylic acid groups (broad SMARTS) is 2. The van der Waals surface area contributed by atoms with Crippen LogP contribution in [-0.4, -0.2) is 34.1 Å². The van der Waals surface area contributed by atoms with E-state index in [1.165, 1.54) is 13.8 Å². The maximum absolute atomic E-state index is 10.7. The fourth-order valence-electron chi connectivity index (χ4n) is 0.401. The molecule has 104 valence electrons. The van der Waals surface area contributed by atoms with Crippen molar-refractivity contribution < 1.29 is 34.1 Å². The summed E-state index contributed by atoms with van der Waals surface area (Å²) in [6.07, 6.45) is 1.12. The maximum atomic E-state index is 10.7. The van der Waals surface area contributed by atoms with Crippen LogP contribution >= 0.6 is 0 Å². The zero-order valence-corrected chi connectivity index (χ0v) is 10.5. The number of carbonyl (C=O) groups excluding carboxylic acids is 2. The number of ether oxygens (including phenoxy) is 1. The van der Waals surface area contributed by atoms with Gasteiger partial charge in [-0.1, -0.05) is 13.2 Å². The Morgan fingerprint density at radius 1 is 0.842 bits per heavy atom. The maximum Gasteiger partial charge on any atom is 0.340 e. The van der Waals surface area contributed by atoms with Gasteiger partial charge in [0.2, 0.25) is 0 Å². The van der Waals surface area contributed by atoms with E-state index in [-0.39, 0.29) is 11.1 Å². The molecule has 0 aliphatic rings. The van der Waals surface area contributed by atoms with Crippen molar-refractivity contribution in [2.45, 2.75) is 13.8 Å². The zero-order valence-electron chi connectivity index (χ0n) is 10.5. The van der Waals surface area contributed by atoms with E-state index in [0.29, 0.717) is 12.2 Å². The van der Waals surface area contributed by atoms with Gasteiger partial charge < -0.3 is 14.9 Å². The molecule has 7 heteroatoms. The third kappa shape index (κ3) is 13.2. The van der Waals surface area contributed by atoms with Crippen molar-refractivity contribution in [1.82, 2.24) is 0 Å². The summed E-state index contributed by atoms with van der Waals surface area (Å²) < 4.78 is 4.30. The molecule has 0 aliphatic carbocycles. The summed E-state index contributed by atoms with van der Waals surface area (Å²) in [5.41, 5.74) is 0.388. The van der Waals surface area contributed by atoms with E-state index in [9.17, 15) is 19.2 Å². The molecule has 0 aliphatic heterocycles. The molecule has 0 saturated heterocycles. The van der Waals surface area contributed by atoms with Gasteiger partial charge in [0.1, 0.15) is 0 Å². The predicted octanol–water partition coefficient (Wildman–Crippen LogP) is 0.920. The van der Waals surface area contributed by atoms with Crippen molar-refractivity contribution >= 4 is 23.9 Å². The Bertz CT molecular complexity index is 403. The van der Waals surface area contributed by atoms with Crippen LogP contribution in [0.3, 0.4) is 0 Å². The molecule has 0 rings (SSSR count). The Hall–Kier alpha value is -2.70. The summed E-state index contributed by atoms with van der Waals surface area (Å²) in [6.45, 7) is 9.55. The van der Waals surface area contributed by atoms with E-state index in [1.54, 1.807) is 0 Å². The third-order valence-corrected chi connectivity index (χ3v) is 1.25. The van der Waals surface area contributed by atoms with Crippen LogP contribution in [0.4, 0.5) is 0 Å². The Morgan fingerprint density at radius 2 is 1.11 bits per heavy atom. The minimum atomic E-state index is -1.26. The molecular formula is C12H14O7. The molecule has 7 nitrogen and oxygen atoms in total. The van der Waals surface area contributed by atoms with Gasteiger partial charge in [0.15, 0.2) is 0 Å². The van der Waals surface area contributed by atoms with Crippen LogP contribution < -0.4 is 0 Å². The fraction of sp³-hybridized carbons (Fsp3) is 0.167. The summed E-state index contributed by atoms with van der Waals surface area (Å²) in [5, 5.41) is 15.6. The molecule has 0 bridgehead atoms. The highest BCUT2D eigenvalue weighted by atomic mass is 16.6. The van der Waals surface area contributed by atoms with Crippen molar-refractivity contribution in [1.29, 1.82) is 0 Å². The van der Waals surface area contributed by atoms with Gasteiger partial charge in [-0.15, -0.1) is 0 Å². The number of carboxylic acids is 2. The van der Waals surface area contributed by atoms with Crippen molar-refractivity contribution in [2.24, 2.45) is 0 Å². The SMILES string of the molecule is C=C(C)C(=O)OC(=O)C(=C)C.O=C(O)/C=C\C(=O)O. The second-order valence-corrected chi connectivity index (χ2v) is 3.25. The average molecular weight is 270 g/mol. The summed E-state index contributed by atoms with van der Waals surface area (Å²) in [7, 11) is 0. The molecule has 0 saturated carbocycles. The van der Waals surface area contributed by atoms with E-state index < -0.39 is 23.9 Å². The van der Waals surface area contributed by atoms with E-state index in [2.05, 4.69) is 17.9 Å². The molecule has 0 radical (unpaired) electrons.